The Balaban J connectivity index is 1.53. The molecule has 3 aromatic rings. The van der Waals surface area contributed by atoms with Crippen LogP contribution in [0, 0.1) is 0 Å². The summed E-state index contributed by atoms with van der Waals surface area (Å²) >= 11 is 0. The van der Waals surface area contributed by atoms with E-state index >= 15 is 0 Å². The Morgan fingerprint density at radius 1 is 1.31 bits per heavy atom. The molecule has 1 amide bonds. The number of carbonyl (C=O) groups excluding carboxylic acids is 1. The minimum absolute atomic E-state index is 0.123. The van der Waals surface area contributed by atoms with Crippen molar-refractivity contribution < 1.29 is 9.32 Å². The molecule has 0 radical (unpaired) electrons. The number of nitrogens with one attached hydrogen (secondary N) is 1. The van der Waals surface area contributed by atoms with E-state index in [4.69, 9.17) is 4.52 Å². The number of hydrogen-bond donors (Lipinski definition) is 1. The summed E-state index contributed by atoms with van der Waals surface area (Å²) in [5.41, 5.74) is 3.77. The topological polar surface area (TPSA) is 85.8 Å². The molecule has 26 heavy (non-hydrogen) atoms. The van der Waals surface area contributed by atoms with Crippen molar-refractivity contribution in [3.05, 3.63) is 41.0 Å². The van der Waals surface area contributed by atoms with E-state index in [2.05, 4.69) is 20.6 Å². The van der Waals surface area contributed by atoms with Crippen LogP contribution in [0.2, 0.25) is 0 Å². The van der Waals surface area contributed by atoms with E-state index in [1.54, 1.807) is 4.68 Å². The van der Waals surface area contributed by atoms with E-state index in [-0.39, 0.29) is 11.9 Å². The number of fused-ring (bicyclic) bond motifs is 1. The zero-order valence-corrected chi connectivity index (χ0v) is 14.9. The molecule has 2 fully saturated rings. The molecule has 0 aliphatic heterocycles. The van der Waals surface area contributed by atoms with Gasteiger partial charge in [0.15, 0.2) is 0 Å². The second-order valence-electron chi connectivity index (χ2n) is 7.50. The van der Waals surface area contributed by atoms with Crippen molar-refractivity contribution in [3.8, 4) is 0 Å². The van der Waals surface area contributed by atoms with Gasteiger partial charge in [0.1, 0.15) is 0 Å². The summed E-state index contributed by atoms with van der Waals surface area (Å²) in [7, 11) is 1.87. The maximum Gasteiger partial charge on any atom is 0.259 e. The monoisotopic (exact) mass is 351 g/mol. The third-order valence-electron chi connectivity index (χ3n) is 5.22. The first-order valence-electron chi connectivity index (χ1n) is 9.21. The lowest BCUT2D eigenvalue weighted by atomic mass is 10.0. The van der Waals surface area contributed by atoms with Gasteiger partial charge in [-0.15, -0.1) is 0 Å². The third kappa shape index (κ3) is 2.67. The molecule has 5 rings (SSSR count). The lowest BCUT2D eigenvalue weighted by molar-refractivity contribution is 0.0940. The molecule has 1 N–H and O–H groups in total. The number of hydrogen-bond acceptors (Lipinski definition) is 5. The highest BCUT2D eigenvalue weighted by Crippen LogP contribution is 2.45. The summed E-state index contributed by atoms with van der Waals surface area (Å²) in [6.07, 6.45) is 6.30. The van der Waals surface area contributed by atoms with Crippen LogP contribution in [0.25, 0.3) is 11.1 Å². The van der Waals surface area contributed by atoms with Crippen LogP contribution in [0.5, 0.6) is 0 Å². The van der Waals surface area contributed by atoms with Crippen molar-refractivity contribution in [2.24, 2.45) is 7.05 Å². The highest BCUT2D eigenvalue weighted by molar-refractivity contribution is 6.06. The normalized spacial score (nSPS) is 18.2. The number of aryl methyl sites for hydroxylation is 1. The Morgan fingerprint density at radius 2 is 2.08 bits per heavy atom. The molecule has 134 valence electrons. The number of aromatic nitrogens is 4. The smallest absolute Gasteiger partial charge is 0.259 e. The molecule has 2 aliphatic rings. The minimum atomic E-state index is -0.180. The zero-order valence-electron chi connectivity index (χ0n) is 14.9. The fourth-order valence-electron chi connectivity index (χ4n) is 3.41. The number of pyridine rings is 1. The second-order valence-corrected chi connectivity index (χ2v) is 7.50. The molecule has 7 heteroatoms. The molecule has 7 nitrogen and oxygen atoms in total. The maximum absolute atomic E-state index is 13.1. The van der Waals surface area contributed by atoms with Crippen LogP contribution in [0.3, 0.4) is 0 Å². The first kappa shape index (κ1) is 15.5. The fourth-order valence-corrected chi connectivity index (χ4v) is 3.41. The molecule has 3 aromatic heterocycles. The van der Waals surface area contributed by atoms with Gasteiger partial charge in [0.05, 0.1) is 28.4 Å². The van der Waals surface area contributed by atoms with E-state index in [9.17, 15) is 4.79 Å². The van der Waals surface area contributed by atoms with E-state index < -0.39 is 0 Å². The van der Waals surface area contributed by atoms with E-state index in [0.717, 1.165) is 48.2 Å². The van der Waals surface area contributed by atoms with Crippen LogP contribution in [-0.2, 0) is 7.05 Å². The van der Waals surface area contributed by atoms with Crippen LogP contribution < -0.4 is 5.32 Å². The van der Waals surface area contributed by atoms with Gasteiger partial charge in [0, 0.05) is 30.8 Å². The van der Waals surface area contributed by atoms with Gasteiger partial charge in [-0.3, -0.25) is 9.48 Å². The molecule has 1 unspecified atom stereocenters. The number of amides is 1. The summed E-state index contributed by atoms with van der Waals surface area (Å²) in [5.74, 6) is 0.709. The van der Waals surface area contributed by atoms with Crippen molar-refractivity contribution in [3.63, 3.8) is 0 Å². The molecule has 0 bridgehead atoms. The van der Waals surface area contributed by atoms with Crippen LogP contribution >= 0.6 is 0 Å². The standard InChI is InChI=1S/C19H21N5O2/c1-10(14-7-8-24(2)22-14)20-18(25)13-9-15(11-3-4-11)21-19-16(13)17(23-26-19)12-5-6-12/h7-12H,3-6H2,1-2H3,(H,20,25). The SMILES string of the molecule is CC(NC(=O)c1cc(C2CC2)nc2onc(C3CC3)c12)c1ccn(C)n1. The molecular weight excluding hydrogens is 330 g/mol. The van der Waals surface area contributed by atoms with Gasteiger partial charge < -0.3 is 9.84 Å². The van der Waals surface area contributed by atoms with Gasteiger partial charge in [0.2, 0.25) is 0 Å². The van der Waals surface area contributed by atoms with Crippen molar-refractivity contribution >= 4 is 17.0 Å². The van der Waals surface area contributed by atoms with Crippen LogP contribution in [0.4, 0.5) is 0 Å². The van der Waals surface area contributed by atoms with Crippen LogP contribution in [0.1, 0.15) is 77.9 Å². The molecule has 3 heterocycles. The first-order chi connectivity index (χ1) is 12.6. The summed E-state index contributed by atoms with van der Waals surface area (Å²) in [6, 6.07) is 3.67. The predicted octanol–water partition coefficient (Wildman–Crippen LogP) is 3.20. The molecule has 2 aliphatic carbocycles. The van der Waals surface area contributed by atoms with Crippen molar-refractivity contribution in [2.45, 2.75) is 50.5 Å². The van der Waals surface area contributed by atoms with Gasteiger partial charge in [-0.25, -0.2) is 4.98 Å². The van der Waals surface area contributed by atoms with Gasteiger partial charge in [0.25, 0.3) is 11.6 Å². The number of rotatable bonds is 5. The Labute approximate surface area is 150 Å². The Bertz CT molecular complexity index is 997. The average Bonchev–Trinajstić information content (AvgIpc) is 3.56. The largest absolute Gasteiger partial charge is 0.344 e. The third-order valence-corrected chi connectivity index (χ3v) is 5.22. The zero-order chi connectivity index (χ0) is 17.8. The van der Waals surface area contributed by atoms with E-state index in [0.29, 0.717) is 23.1 Å². The van der Waals surface area contributed by atoms with Crippen LogP contribution in [0.15, 0.2) is 22.9 Å². The predicted molar refractivity (Wildman–Crippen MR) is 94.8 cm³/mol. The highest BCUT2D eigenvalue weighted by atomic mass is 16.5. The van der Waals surface area contributed by atoms with Gasteiger partial charge in [-0.05, 0) is 44.7 Å². The highest BCUT2D eigenvalue weighted by Gasteiger charge is 2.34. The Morgan fingerprint density at radius 3 is 2.73 bits per heavy atom. The van der Waals surface area contributed by atoms with Gasteiger partial charge in [-0.1, -0.05) is 5.16 Å². The number of carbonyl (C=O) groups is 1. The quantitative estimate of drug-likeness (QED) is 0.763. The summed E-state index contributed by atoms with van der Waals surface area (Å²) < 4.78 is 7.23. The van der Waals surface area contributed by atoms with Crippen LogP contribution in [-0.4, -0.2) is 25.8 Å². The fraction of sp³-hybridized carbons (Fsp3) is 0.474. The lowest BCUT2D eigenvalue weighted by Gasteiger charge is -2.13. The summed E-state index contributed by atoms with van der Waals surface area (Å²) in [4.78, 5) is 17.7. The Kier molecular flexibility index (Phi) is 3.38. The van der Waals surface area contributed by atoms with Gasteiger partial charge in [-0.2, -0.15) is 5.10 Å². The molecule has 0 saturated heterocycles. The minimum Gasteiger partial charge on any atom is -0.344 e. The van der Waals surface area contributed by atoms with Crippen molar-refractivity contribution in [1.29, 1.82) is 0 Å². The first-order valence-corrected chi connectivity index (χ1v) is 9.21. The molecule has 1 atom stereocenters. The van der Waals surface area contributed by atoms with E-state index in [1.165, 1.54) is 0 Å². The summed E-state index contributed by atoms with van der Waals surface area (Å²) in [5, 5.41) is 12.5. The lowest BCUT2D eigenvalue weighted by Crippen LogP contribution is -2.27. The molecule has 0 aromatic carbocycles. The van der Waals surface area contributed by atoms with E-state index in [1.807, 2.05) is 32.3 Å². The maximum atomic E-state index is 13.1. The molecule has 0 spiro atoms. The van der Waals surface area contributed by atoms with Crippen molar-refractivity contribution in [1.82, 2.24) is 25.2 Å². The second kappa shape index (κ2) is 5.65. The van der Waals surface area contributed by atoms with Crippen molar-refractivity contribution in [2.75, 3.05) is 0 Å². The molecular formula is C19H21N5O2. The van der Waals surface area contributed by atoms with Gasteiger partial charge >= 0.3 is 0 Å². The molecule has 2 saturated carbocycles. The number of nitrogens with zero attached hydrogens (tertiary/aromatic N) is 4. The summed E-state index contributed by atoms with van der Waals surface area (Å²) in [6.45, 7) is 1.94. The Hall–Kier alpha value is -2.70. The average molecular weight is 351 g/mol.